The van der Waals surface area contributed by atoms with Gasteiger partial charge >= 0.3 is 45.5 Å². The predicted octanol–water partition coefficient (Wildman–Crippen LogP) is 12.4. The highest BCUT2D eigenvalue weighted by Gasteiger charge is 2.37. The molecule has 0 unspecified atom stereocenters. The predicted molar refractivity (Wildman–Crippen MR) is 277 cm³/mol. The Labute approximate surface area is 480 Å². The Morgan fingerprint density at radius 1 is 0.284 bits per heavy atom. The molecular formula is C36H18Cl8N10O27. The van der Waals surface area contributed by atoms with Crippen molar-refractivity contribution in [1.82, 2.24) is 0 Å². The van der Waals surface area contributed by atoms with Crippen molar-refractivity contribution in [2.75, 3.05) is 0 Å². The number of phenols is 7. The van der Waals surface area contributed by atoms with Gasteiger partial charge in [0.05, 0.1) is 92.5 Å². The van der Waals surface area contributed by atoms with Gasteiger partial charge in [0.15, 0.2) is 17.2 Å². The summed E-state index contributed by atoms with van der Waals surface area (Å²) in [5.41, 5.74) is -9.39. The SMILES string of the molecule is O=[N+]([O-])c1cc([N+](=O)[O-])c(O)c([N+](=O)[O-])c1.O=[N+]([O-])c1cc([N+](=O)[O-])c(O)c([N+](=O)[O-])c1O.O=[N+]([O-])c1ccc(O)c([N+](=O)[O-])c1.O=[N+]([O-])c1cccc([N+](=O)[O-])c1O.Oc1c(Cl)c(Cl)c(Cl)c(Cl)c1Cl.Oc1c(Cl)cc(Cl)cc1Cl. The zero-order chi connectivity index (χ0) is 63.0. The summed E-state index contributed by atoms with van der Waals surface area (Å²) in [5, 5.41) is 167. The Kier molecular flexibility index (Phi) is 25.5. The Hall–Kier alpha value is -9.76. The molecule has 0 atom stereocenters. The van der Waals surface area contributed by atoms with E-state index in [1.54, 1.807) is 0 Å². The summed E-state index contributed by atoms with van der Waals surface area (Å²) in [5.74, 6) is -6.09. The van der Waals surface area contributed by atoms with Gasteiger partial charge in [-0.3, -0.25) is 101 Å². The summed E-state index contributed by atoms with van der Waals surface area (Å²) in [6.45, 7) is 0. The number of hydrogen-bond acceptors (Lipinski definition) is 27. The van der Waals surface area contributed by atoms with Crippen molar-refractivity contribution in [3.63, 3.8) is 0 Å². The lowest BCUT2D eigenvalue weighted by Crippen LogP contribution is -1.98. The minimum atomic E-state index is -1.48. The minimum absolute atomic E-state index is 0.00904. The molecule has 0 heterocycles. The largest absolute Gasteiger partial charge is 0.505 e. The van der Waals surface area contributed by atoms with Crippen LogP contribution in [-0.4, -0.2) is 85.0 Å². The van der Waals surface area contributed by atoms with Crippen LogP contribution in [0.2, 0.25) is 40.2 Å². The second-order valence-electron chi connectivity index (χ2n) is 13.3. The molecule has 0 saturated carbocycles. The number of para-hydroxylation sites is 1. The van der Waals surface area contributed by atoms with Crippen LogP contribution >= 0.6 is 92.8 Å². The number of benzene rings is 6. The lowest BCUT2D eigenvalue weighted by Gasteiger charge is -2.06. The van der Waals surface area contributed by atoms with E-state index in [2.05, 4.69) is 0 Å². The molecule has 0 fully saturated rings. The van der Waals surface area contributed by atoms with Gasteiger partial charge < -0.3 is 35.7 Å². The molecule has 0 saturated heterocycles. The normalized spacial score (nSPS) is 9.83. The molecular weight excluding hydrogens is 1290 g/mol. The van der Waals surface area contributed by atoms with Crippen LogP contribution in [0.1, 0.15) is 0 Å². The summed E-state index contributed by atoms with van der Waals surface area (Å²) in [6.07, 6.45) is 0. The third-order valence-corrected chi connectivity index (χ3v) is 11.4. The molecule has 6 rings (SSSR count). The smallest absolute Gasteiger partial charge is 0.366 e. The van der Waals surface area contributed by atoms with E-state index in [0.29, 0.717) is 23.2 Å². The molecule has 6 aromatic rings. The summed E-state index contributed by atoms with van der Waals surface area (Å²) < 4.78 is 0. The van der Waals surface area contributed by atoms with Crippen molar-refractivity contribution < 1.29 is 85.0 Å². The van der Waals surface area contributed by atoms with Gasteiger partial charge in [0.25, 0.3) is 34.4 Å². The summed E-state index contributed by atoms with van der Waals surface area (Å²) in [7, 11) is 0. The molecule has 0 radical (unpaired) electrons. The molecule has 0 aliphatic carbocycles. The van der Waals surface area contributed by atoms with Crippen molar-refractivity contribution >= 4 is 150 Å². The molecule has 81 heavy (non-hydrogen) atoms. The number of hydrogen-bond donors (Lipinski definition) is 7. The van der Waals surface area contributed by atoms with Crippen LogP contribution in [0.5, 0.6) is 40.2 Å². The van der Waals surface area contributed by atoms with Crippen molar-refractivity contribution in [2.45, 2.75) is 0 Å². The first-order valence-electron chi connectivity index (χ1n) is 18.8. The Morgan fingerprint density at radius 2 is 0.593 bits per heavy atom. The van der Waals surface area contributed by atoms with E-state index in [9.17, 15) is 106 Å². The van der Waals surface area contributed by atoms with Crippen molar-refractivity contribution in [2.24, 2.45) is 0 Å². The van der Waals surface area contributed by atoms with Gasteiger partial charge in [-0.05, 0) is 24.3 Å². The van der Waals surface area contributed by atoms with Crippen LogP contribution in [0.25, 0.3) is 0 Å². The fourth-order valence-corrected chi connectivity index (χ4v) is 6.70. The van der Waals surface area contributed by atoms with Crippen LogP contribution < -0.4 is 0 Å². The second-order valence-corrected chi connectivity index (χ2v) is 16.5. The quantitative estimate of drug-likeness (QED) is 0.0290. The van der Waals surface area contributed by atoms with E-state index in [-0.39, 0.29) is 52.7 Å². The fourth-order valence-electron chi connectivity index (χ4n) is 4.76. The van der Waals surface area contributed by atoms with Gasteiger partial charge in [-0.1, -0.05) is 92.8 Å². The third kappa shape index (κ3) is 18.4. The van der Waals surface area contributed by atoms with Crippen LogP contribution in [0.3, 0.4) is 0 Å². The molecule has 6 aromatic carbocycles. The van der Waals surface area contributed by atoms with E-state index >= 15 is 0 Å². The average Bonchev–Trinajstić information content (AvgIpc) is 3.48. The monoisotopic (exact) mass is 1300 g/mol. The number of aromatic hydroxyl groups is 7. The molecule has 0 aliphatic heterocycles. The number of non-ortho nitro benzene ring substituents is 2. The maximum Gasteiger partial charge on any atom is 0.366 e. The van der Waals surface area contributed by atoms with Crippen molar-refractivity contribution in [3.8, 4) is 40.2 Å². The number of phenolic OH excluding ortho intramolecular Hbond substituents is 7. The third-order valence-electron chi connectivity index (χ3n) is 8.36. The molecule has 45 heteroatoms. The molecule has 0 amide bonds. The molecule has 0 spiro atoms. The van der Waals surface area contributed by atoms with E-state index in [0.717, 1.165) is 30.3 Å². The van der Waals surface area contributed by atoms with E-state index in [1.807, 2.05) is 0 Å². The lowest BCUT2D eigenvalue weighted by atomic mass is 10.2. The molecule has 7 N–H and O–H groups in total. The van der Waals surface area contributed by atoms with E-state index in [4.69, 9.17) is 123 Å². The number of halogens is 8. The average molecular weight is 1310 g/mol. The summed E-state index contributed by atoms with van der Waals surface area (Å²) in [6, 6.07) is 9.69. The van der Waals surface area contributed by atoms with Gasteiger partial charge in [-0.15, -0.1) is 0 Å². The van der Waals surface area contributed by atoms with Crippen LogP contribution in [0.15, 0.2) is 66.7 Å². The molecule has 37 nitrogen and oxygen atoms in total. The zero-order valence-corrected chi connectivity index (χ0v) is 43.7. The maximum atomic E-state index is 10.4. The van der Waals surface area contributed by atoms with Crippen LogP contribution in [0, 0.1) is 101 Å². The van der Waals surface area contributed by atoms with Gasteiger partial charge in [0, 0.05) is 23.2 Å². The highest BCUT2D eigenvalue weighted by molar-refractivity contribution is 6.55. The summed E-state index contributed by atoms with van der Waals surface area (Å²) >= 11 is 44.4. The van der Waals surface area contributed by atoms with Crippen LogP contribution in [-0.2, 0) is 0 Å². The Balaban J connectivity index is 0.000000490. The lowest BCUT2D eigenvalue weighted by molar-refractivity contribution is -0.405. The van der Waals surface area contributed by atoms with Gasteiger partial charge in [-0.2, -0.15) is 0 Å². The zero-order valence-electron chi connectivity index (χ0n) is 37.6. The number of nitro benzene ring substituents is 10. The highest BCUT2D eigenvalue weighted by atomic mass is 35.5. The minimum Gasteiger partial charge on any atom is -0.505 e. The topological polar surface area (TPSA) is 573 Å². The number of rotatable bonds is 10. The van der Waals surface area contributed by atoms with Crippen molar-refractivity contribution in [3.05, 3.63) is 208 Å². The Morgan fingerprint density at radius 3 is 0.914 bits per heavy atom. The molecule has 0 aromatic heterocycles. The Bertz CT molecular complexity index is 3330. The number of nitrogens with zero attached hydrogens (tertiary/aromatic N) is 10. The standard InChI is InChI=1S/C6HCl5O.C6H3Cl3O.C6H3N3O8.C6H3N3O7.2C6H4N2O5/c7-1-2(8)4(10)6(12)5(11)3(1)9;7-3-1-4(8)6(10)5(9)2-3;10-5-2(7(12)13)1-3(8(14)15)6(11)4(5)9(16)17;10-6-4(8(13)14)1-3(7(11)12)2-5(6)9(15)16;9-6-2-1-4(7(10)11)3-5(6)8(12)13;9-6-4(7(10)11)2-1-3-5(6)8(12)13/h12H;1-2,10H;1,10-11H;1-2,10H;2*1-3,9H. The first-order valence-corrected chi connectivity index (χ1v) is 21.9. The molecule has 0 aliphatic rings. The fraction of sp³-hybridized carbons (Fsp3) is 0. The molecule has 0 bridgehead atoms. The summed E-state index contributed by atoms with van der Waals surface area (Å²) in [4.78, 5) is 92.6. The van der Waals surface area contributed by atoms with Gasteiger partial charge in [-0.25, -0.2) is 0 Å². The number of nitro groups is 10. The van der Waals surface area contributed by atoms with Gasteiger partial charge in [0.2, 0.25) is 0 Å². The first-order chi connectivity index (χ1) is 37.2. The van der Waals surface area contributed by atoms with E-state index in [1.165, 1.54) is 12.1 Å². The first kappa shape index (κ1) is 69.3. The van der Waals surface area contributed by atoms with E-state index < -0.39 is 135 Å². The maximum absolute atomic E-state index is 10.4. The molecule has 430 valence electrons. The highest BCUT2D eigenvalue weighted by Crippen LogP contribution is 2.49. The van der Waals surface area contributed by atoms with Gasteiger partial charge in [0.1, 0.15) is 16.1 Å². The van der Waals surface area contributed by atoms with Crippen LogP contribution in [0.4, 0.5) is 56.9 Å². The second kappa shape index (κ2) is 29.8. The van der Waals surface area contributed by atoms with Crippen molar-refractivity contribution in [1.29, 1.82) is 0 Å².